The largest absolute Gasteiger partial charge is 0.508 e. The number of aromatic hydroxyl groups is 2. The van der Waals surface area contributed by atoms with Crippen molar-refractivity contribution in [2.24, 2.45) is 0 Å². The maximum absolute atomic E-state index is 11.2. The van der Waals surface area contributed by atoms with Gasteiger partial charge >= 0.3 is 0 Å². The lowest BCUT2D eigenvalue weighted by Crippen LogP contribution is -2.02. The minimum absolute atomic E-state index is 0.0778. The van der Waals surface area contributed by atoms with Gasteiger partial charge in [0.2, 0.25) is 0 Å². The Morgan fingerprint density at radius 2 is 1.91 bits per heavy atom. The molecule has 0 aromatic heterocycles. The van der Waals surface area contributed by atoms with Gasteiger partial charge in [-0.3, -0.25) is 10.1 Å². The van der Waals surface area contributed by atoms with Crippen LogP contribution in [0.25, 0.3) is 5.70 Å². The number of phenolic OH excluding ortho intramolecular Hbond substituents is 2. The van der Waals surface area contributed by atoms with Gasteiger partial charge in [0, 0.05) is 5.69 Å². The van der Waals surface area contributed by atoms with E-state index in [9.17, 15) is 20.3 Å². The second kappa shape index (κ2) is 6.49. The summed E-state index contributed by atoms with van der Waals surface area (Å²) in [6, 6.07) is 10.3. The predicted octanol–water partition coefficient (Wildman–Crippen LogP) is 2.79. The van der Waals surface area contributed by atoms with Gasteiger partial charge in [-0.1, -0.05) is 0 Å². The summed E-state index contributed by atoms with van der Waals surface area (Å²) in [5.74, 6) is 0.192. The molecular formula is C15H14N2O5. The van der Waals surface area contributed by atoms with Crippen molar-refractivity contribution in [1.82, 2.24) is 0 Å². The number of nitrogens with one attached hydrogen (secondary N) is 1. The molecule has 0 atom stereocenters. The normalized spacial score (nSPS) is 11.0. The molecule has 0 aliphatic rings. The van der Waals surface area contributed by atoms with Crippen LogP contribution in [0.1, 0.15) is 5.56 Å². The van der Waals surface area contributed by atoms with Crippen molar-refractivity contribution in [2.45, 2.75) is 0 Å². The van der Waals surface area contributed by atoms with Crippen LogP contribution in [-0.2, 0) is 0 Å². The first-order valence-electron chi connectivity index (χ1n) is 6.29. The maximum atomic E-state index is 11.2. The van der Waals surface area contributed by atoms with Crippen LogP contribution in [0.4, 0.5) is 5.69 Å². The number of hydrogen-bond acceptors (Lipinski definition) is 6. The fourth-order valence-electron chi connectivity index (χ4n) is 1.80. The molecule has 0 aliphatic carbocycles. The molecule has 0 amide bonds. The third-order valence-corrected chi connectivity index (χ3v) is 2.92. The van der Waals surface area contributed by atoms with Crippen molar-refractivity contribution in [3.63, 3.8) is 0 Å². The van der Waals surface area contributed by atoms with Gasteiger partial charge in [-0.2, -0.15) is 0 Å². The monoisotopic (exact) mass is 302 g/mol. The van der Waals surface area contributed by atoms with E-state index in [4.69, 9.17) is 4.74 Å². The highest BCUT2D eigenvalue weighted by molar-refractivity contribution is 5.68. The Morgan fingerprint density at radius 3 is 2.50 bits per heavy atom. The lowest BCUT2D eigenvalue weighted by atomic mass is 10.1. The lowest BCUT2D eigenvalue weighted by Gasteiger charge is -2.05. The summed E-state index contributed by atoms with van der Waals surface area (Å²) in [6.07, 6.45) is 1.15. The predicted molar refractivity (Wildman–Crippen MR) is 81.4 cm³/mol. The third-order valence-electron chi connectivity index (χ3n) is 2.92. The average Bonchev–Trinajstić information content (AvgIpc) is 2.51. The van der Waals surface area contributed by atoms with E-state index in [2.05, 4.69) is 5.32 Å². The lowest BCUT2D eigenvalue weighted by molar-refractivity contribution is -0.375. The molecule has 114 valence electrons. The maximum Gasteiger partial charge on any atom is 0.296 e. The van der Waals surface area contributed by atoms with E-state index in [1.54, 1.807) is 24.3 Å². The topological polar surface area (TPSA) is 105 Å². The zero-order valence-electron chi connectivity index (χ0n) is 11.7. The first kappa shape index (κ1) is 15.2. The standard InChI is InChI=1S/C15H14N2O5/c1-22-12-5-2-10(3-6-12)16-9-14(17(20)21)13-8-11(18)4-7-15(13)19/h2-9,16,18-19H,1H3/b14-9+. The van der Waals surface area contributed by atoms with Crippen molar-refractivity contribution in [1.29, 1.82) is 0 Å². The van der Waals surface area contributed by atoms with Crippen LogP contribution in [-0.4, -0.2) is 22.2 Å². The van der Waals surface area contributed by atoms with E-state index < -0.39 is 4.92 Å². The van der Waals surface area contributed by atoms with Crippen LogP contribution in [0.3, 0.4) is 0 Å². The SMILES string of the molecule is COc1ccc(N/C=C(\c2cc(O)ccc2O)[N+](=O)[O-])cc1. The molecule has 7 nitrogen and oxygen atoms in total. The quantitative estimate of drug-likeness (QED) is 0.445. The summed E-state index contributed by atoms with van der Waals surface area (Å²) >= 11 is 0. The summed E-state index contributed by atoms with van der Waals surface area (Å²) in [6.45, 7) is 0. The van der Waals surface area contributed by atoms with Crippen LogP contribution in [0.2, 0.25) is 0 Å². The van der Waals surface area contributed by atoms with Gasteiger partial charge in [-0.05, 0) is 42.5 Å². The van der Waals surface area contributed by atoms with Gasteiger partial charge in [-0.15, -0.1) is 0 Å². The van der Waals surface area contributed by atoms with Crippen LogP contribution in [0.15, 0.2) is 48.7 Å². The van der Waals surface area contributed by atoms with Crippen LogP contribution >= 0.6 is 0 Å². The molecule has 0 saturated heterocycles. The van der Waals surface area contributed by atoms with E-state index in [1.165, 1.54) is 19.2 Å². The number of phenols is 2. The zero-order valence-corrected chi connectivity index (χ0v) is 11.7. The molecule has 2 rings (SSSR count). The van der Waals surface area contributed by atoms with E-state index >= 15 is 0 Å². The molecule has 0 fully saturated rings. The van der Waals surface area contributed by atoms with Gasteiger partial charge in [0.05, 0.1) is 23.8 Å². The first-order valence-corrected chi connectivity index (χ1v) is 6.29. The Kier molecular flexibility index (Phi) is 4.47. The van der Waals surface area contributed by atoms with Gasteiger partial charge in [0.15, 0.2) is 0 Å². The first-order chi connectivity index (χ1) is 10.5. The number of ether oxygens (including phenoxy) is 1. The molecule has 0 spiro atoms. The molecule has 0 heterocycles. The molecule has 0 aliphatic heterocycles. The molecule has 0 unspecified atom stereocenters. The number of nitrogens with zero attached hydrogens (tertiary/aromatic N) is 1. The minimum Gasteiger partial charge on any atom is -0.508 e. The Morgan fingerprint density at radius 1 is 1.23 bits per heavy atom. The van der Waals surface area contributed by atoms with Crippen molar-refractivity contribution in [3.05, 3.63) is 64.3 Å². The van der Waals surface area contributed by atoms with Crippen molar-refractivity contribution >= 4 is 11.4 Å². The Hall–Kier alpha value is -3.22. The number of hydrogen-bond donors (Lipinski definition) is 3. The van der Waals surface area contributed by atoms with Crippen LogP contribution < -0.4 is 10.1 Å². The van der Waals surface area contributed by atoms with Crippen molar-refractivity contribution in [3.8, 4) is 17.2 Å². The van der Waals surface area contributed by atoms with Gasteiger partial charge in [0.1, 0.15) is 17.2 Å². The molecular weight excluding hydrogens is 288 g/mol. The molecule has 0 radical (unpaired) electrons. The number of methoxy groups -OCH3 is 1. The summed E-state index contributed by atoms with van der Waals surface area (Å²) in [5, 5.41) is 33.1. The van der Waals surface area contributed by atoms with E-state index in [0.29, 0.717) is 11.4 Å². The van der Waals surface area contributed by atoms with Gasteiger partial charge in [-0.25, -0.2) is 0 Å². The fourth-order valence-corrected chi connectivity index (χ4v) is 1.80. The van der Waals surface area contributed by atoms with Gasteiger partial charge in [0.25, 0.3) is 5.70 Å². The van der Waals surface area contributed by atoms with E-state index in [1.807, 2.05) is 0 Å². The number of nitro groups is 1. The summed E-state index contributed by atoms with van der Waals surface area (Å²) in [4.78, 5) is 10.5. The third kappa shape index (κ3) is 3.45. The highest BCUT2D eigenvalue weighted by Gasteiger charge is 2.19. The molecule has 7 heteroatoms. The second-order valence-electron chi connectivity index (χ2n) is 4.36. The summed E-state index contributed by atoms with van der Waals surface area (Å²) < 4.78 is 5.02. The molecule has 2 aromatic carbocycles. The number of rotatable bonds is 5. The van der Waals surface area contributed by atoms with Gasteiger partial charge < -0.3 is 20.3 Å². The summed E-state index contributed by atoms with van der Waals surface area (Å²) in [5.41, 5.74) is 0.162. The van der Waals surface area contributed by atoms with Crippen LogP contribution in [0, 0.1) is 10.1 Å². The highest BCUT2D eigenvalue weighted by Crippen LogP contribution is 2.29. The van der Waals surface area contributed by atoms with Crippen molar-refractivity contribution < 1.29 is 19.9 Å². The van der Waals surface area contributed by atoms with E-state index in [-0.39, 0.29) is 22.8 Å². The Balaban J connectivity index is 2.30. The summed E-state index contributed by atoms with van der Waals surface area (Å²) in [7, 11) is 1.54. The average molecular weight is 302 g/mol. The zero-order chi connectivity index (χ0) is 16.1. The molecule has 0 bridgehead atoms. The molecule has 2 aromatic rings. The Bertz CT molecular complexity index is 710. The highest BCUT2D eigenvalue weighted by atomic mass is 16.6. The molecule has 0 saturated carbocycles. The molecule has 22 heavy (non-hydrogen) atoms. The van der Waals surface area contributed by atoms with Crippen LogP contribution in [0.5, 0.6) is 17.2 Å². The Labute approximate surface area is 126 Å². The van der Waals surface area contributed by atoms with Crippen molar-refractivity contribution in [2.75, 3.05) is 12.4 Å². The number of anilines is 1. The second-order valence-corrected chi connectivity index (χ2v) is 4.36. The molecule has 3 N–H and O–H groups in total. The minimum atomic E-state index is -0.648. The smallest absolute Gasteiger partial charge is 0.296 e. The van der Waals surface area contributed by atoms with E-state index in [0.717, 1.165) is 12.3 Å². The fraction of sp³-hybridized carbons (Fsp3) is 0.0667. The number of benzene rings is 2.